The Morgan fingerprint density at radius 1 is 1.04 bits per heavy atom. The van der Waals surface area contributed by atoms with Gasteiger partial charge >= 0.3 is 0 Å². The van der Waals surface area contributed by atoms with Gasteiger partial charge in [-0.25, -0.2) is 8.78 Å². The molecule has 0 aliphatic heterocycles. The standard InChI is InChI=1S/C17H14F2N2O2/c1-22-16-6-14(19)15(20)7-17(16)23-9-10-2-3-13(18)11-4-5-21-8-12(10)11/h2-8H,9,20H2,1H3. The number of nitrogens with two attached hydrogens (primary N) is 1. The van der Waals surface area contributed by atoms with E-state index in [4.69, 9.17) is 15.2 Å². The number of nitrogen functional groups attached to an aromatic ring is 1. The van der Waals surface area contributed by atoms with Crippen LogP contribution in [0, 0.1) is 11.6 Å². The lowest BCUT2D eigenvalue weighted by Crippen LogP contribution is -2.01. The van der Waals surface area contributed by atoms with E-state index >= 15 is 0 Å². The Labute approximate surface area is 131 Å². The first-order valence-electron chi connectivity index (χ1n) is 6.87. The number of aromatic nitrogens is 1. The molecular weight excluding hydrogens is 302 g/mol. The van der Waals surface area contributed by atoms with Crippen LogP contribution in [0.3, 0.4) is 0 Å². The first-order valence-corrected chi connectivity index (χ1v) is 6.87. The van der Waals surface area contributed by atoms with Crippen molar-refractivity contribution in [2.45, 2.75) is 6.61 Å². The third kappa shape index (κ3) is 2.88. The fraction of sp³-hybridized carbons (Fsp3) is 0.118. The summed E-state index contributed by atoms with van der Waals surface area (Å²) in [4.78, 5) is 4.01. The molecule has 4 nitrogen and oxygen atoms in total. The number of fused-ring (bicyclic) bond motifs is 1. The summed E-state index contributed by atoms with van der Waals surface area (Å²) in [6, 6.07) is 7.12. The van der Waals surface area contributed by atoms with Crippen molar-refractivity contribution in [1.82, 2.24) is 4.98 Å². The molecule has 118 valence electrons. The number of benzene rings is 2. The monoisotopic (exact) mass is 316 g/mol. The maximum absolute atomic E-state index is 13.8. The molecule has 6 heteroatoms. The summed E-state index contributed by atoms with van der Waals surface area (Å²) in [5, 5.41) is 1.12. The zero-order valence-corrected chi connectivity index (χ0v) is 12.3. The van der Waals surface area contributed by atoms with Gasteiger partial charge in [-0.1, -0.05) is 6.07 Å². The number of methoxy groups -OCH3 is 1. The minimum atomic E-state index is -0.578. The van der Waals surface area contributed by atoms with Crippen molar-refractivity contribution in [3.05, 3.63) is 59.9 Å². The van der Waals surface area contributed by atoms with Crippen LogP contribution < -0.4 is 15.2 Å². The number of hydrogen-bond acceptors (Lipinski definition) is 4. The van der Waals surface area contributed by atoms with Gasteiger partial charge in [0.15, 0.2) is 11.5 Å². The van der Waals surface area contributed by atoms with Crippen LogP contribution in [0.25, 0.3) is 10.8 Å². The smallest absolute Gasteiger partial charge is 0.163 e. The normalized spacial score (nSPS) is 10.7. The van der Waals surface area contributed by atoms with Gasteiger partial charge in [-0.05, 0) is 17.7 Å². The molecule has 0 spiro atoms. The van der Waals surface area contributed by atoms with Gasteiger partial charge in [0.1, 0.15) is 18.2 Å². The van der Waals surface area contributed by atoms with E-state index in [9.17, 15) is 8.78 Å². The molecule has 0 saturated heterocycles. The molecule has 0 aliphatic rings. The Kier molecular flexibility index (Phi) is 3.97. The number of ether oxygens (including phenoxy) is 2. The van der Waals surface area contributed by atoms with Gasteiger partial charge in [-0.3, -0.25) is 4.98 Å². The second kappa shape index (κ2) is 6.08. The van der Waals surface area contributed by atoms with Crippen molar-refractivity contribution in [3.63, 3.8) is 0 Å². The maximum atomic E-state index is 13.8. The van der Waals surface area contributed by atoms with Crippen molar-refractivity contribution in [3.8, 4) is 11.5 Å². The Morgan fingerprint density at radius 3 is 2.65 bits per heavy atom. The molecule has 0 aliphatic carbocycles. The molecule has 0 fully saturated rings. The topological polar surface area (TPSA) is 57.4 Å². The summed E-state index contributed by atoms with van der Waals surface area (Å²) < 4.78 is 38.0. The van der Waals surface area contributed by atoms with Crippen LogP contribution >= 0.6 is 0 Å². The molecule has 1 heterocycles. The highest BCUT2D eigenvalue weighted by atomic mass is 19.1. The highest BCUT2D eigenvalue weighted by Gasteiger charge is 2.12. The minimum absolute atomic E-state index is 0.0357. The van der Waals surface area contributed by atoms with Gasteiger partial charge in [0.2, 0.25) is 0 Å². The van der Waals surface area contributed by atoms with Crippen LogP contribution in [0.1, 0.15) is 5.56 Å². The van der Waals surface area contributed by atoms with Crippen LogP contribution in [-0.2, 0) is 6.61 Å². The zero-order chi connectivity index (χ0) is 16.4. The molecule has 1 aromatic heterocycles. The van der Waals surface area contributed by atoms with E-state index in [2.05, 4.69) is 4.98 Å². The highest BCUT2D eigenvalue weighted by molar-refractivity contribution is 5.85. The molecule has 0 radical (unpaired) electrons. The number of anilines is 1. The van der Waals surface area contributed by atoms with E-state index in [0.717, 1.165) is 11.6 Å². The van der Waals surface area contributed by atoms with Gasteiger partial charge in [0.05, 0.1) is 12.8 Å². The number of halogens is 2. The molecule has 0 amide bonds. The van der Waals surface area contributed by atoms with Crippen molar-refractivity contribution < 1.29 is 18.3 Å². The number of hydrogen-bond donors (Lipinski definition) is 1. The van der Waals surface area contributed by atoms with Gasteiger partial charge in [0, 0.05) is 35.3 Å². The molecule has 0 atom stereocenters. The first-order chi connectivity index (χ1) is 11.1. The Morgan fingerprint density at radius 2 is 1.87 bits per heavy atom. The second-order valence-corrected chi connectivity index (χ2v) is 4.94. The van der Waals surface area contributed by atoms with Gasteiger partial charge in [-0.15, -0.1) is 0 Å². The largest absolute Gasteiger partial charge is 0.493 e. The third-order valence-corrected chi connectivity index (χ3v) is 3.52. The molecule has 0 bridgehead atoms. The Bertz CT molecular complexity index is 869. The predicted octanol–water partition coefficient (Wildman–Crippen LogP) is 3.68. The summed E-state index contributed by atoms with van der Waals surface area (Å²) in [6.07, 6.45) is 3.10. The van der Waals surface area contributed by atoms with E-state index in [-0.39, 0.29) is 23.9 Å². The lowest BCUT2D eigenvalue weighted by Gasteiger charge is -2.13. The third-order valence-electron chi connectivity index (χ3n) is 3.52. The molecule has 2 aromatic carbocycles. The van der Waals surface area contributed by atoms with Crippen LogP contribution in [0.4, 0.5) is 14.5 Å². The van der Waals surface area contributed by atoms with E-state index in [0.29, 0.717) is 16.5 Å². The van der Waals surface area contributed by atoms with E-state index in [1.165, 1.54) is 25.4 Å². The molecule has 3 aromatic rings. The maximum Gasteiger partial charge on any atom is 0.163 e. The van der Waals surface area contributed by atoms with Gasteiger partial charge < -0.3 is 15.2 Å². The molecule has 0 saturated carbocycles. The van der Waals surface area contributed by atoms with Crippen molar-refractivity contribution in [2.24, 2.45) is 0 Å². The fourth-order valence-electron chi connectivity index (χ4n) is 2.32. The average Bonchev–Trinajstić information content (AvgIpc) is 2.57. The molecule has 3 rings (SSSR count). The lowest BCUT2D eigenvalue weighted by atomic mass is 10.1. The van der Waals surface area contributed by atoms with Gasteiger partial charge in [-0.2, -0.15) is 0 Å². The molecule has 2 N–H and O–H groups in total. The summed E-state index contributed by atoms with van der Waals surface area (Å²) in [5.74, 6) is -0.352. The number of pyridine rings is 1. The van der Waals surface area contributed by atoms with Crippen LogP contribution in [-0.4, -0.2) is 12.1 Å². The highest BCUT2D eigenvalue weighted by Crippen LogP contribution is 2.32. The lowest BCUT2D eigenvalue weighted by molar-refractivity contribution is 0.285. The summed E-state index contributed by atoms with van der Waals surface area (Å²) >= 11 is 0. The molecule has 0 unspecified atom stereocenters. The average molecular weight is 316 g/mol. The SMILES string of the molecule is COc1cc(F)c(N)cc1OCc1ccc(F)c2ccncc12. The van der Waals surface area contributed by atoms with Crippen LogP contribution in [0.5, 0.6) is 11.5 Å². The zero-order valence-electron chi connectivity index (χ0n) is 12.3. The van der Waals surface area contributed by atoms with Gasteiger partial charge in [0.25, 0.3) is 0 Å². The van der Waals surface area contributed by atoms with E-state index in [1.54, 1.807) is 18.3 Å². The minimum Gasteiger partial charge on any atom is -0.493 e. The van der Waals surface area contributed by atoms with Crippen LogP contribution in [0.15, 0.2) is 42.7 Å². The fourth-order valence-corrected chi connectivity index (χ4v) is 2.32. The summed E-state index contributed by atoms with van der Waals surface area (Å²) in [7, 11) is 1.41. The summed E-state index contributed by atoms with van der Waals surface area (Å²) in [6.45, 7) is 0.143. The quantitative estimate of drug-likeness (QED) is 0.746. The van der Waals surface area contributed by atoms with E-state index in [1.807, 2.05) is 0 Å². The van der Waals surface area contributed by atoms with Crippen LogP contribution in [0.2, 0.25) is 0 Å². The van der Waals surface area contributed by atoms with Crippen molar-refractivity contribution >= 4 is 16.5 Å². The van der Waals surface area contributed by atoms with Crippen molar-refractivity contribution in [1.29, 1.82) is 0 Å². The Balaban J connectivity index is 1.93. The van der Waals surface area contributed by atoms with E-state index < -0.39 is 5.82 Å². The Hall–Kier alpha value is -2.89. The predicted molar refractivity (Wildman–Crippen MR) is 83.4 cm³/mol. The summed E-state index contributed by atoms with van der Waals surface area (Å²) in [5.41, 5.74) is 6.27. The second-order valence-electron chi connectivity index (χ2n) is 4.94. The molecule has 23 heavy (non-hydrogen) atoms. The molecular formula is C17H14F2N2O2. The first kappa shape index (κ1) is 15.0. The van der Waals surface area contributed by atoms with Crippen molar-refractivity contribution in [2.75, 3.05) is 12.8 Å². The number of nitrogens with zero attached hydrogens (tertiary/aromatic N) is 1. The number of rotatable bonds is 4.